The summed E-state index contributed by atoms with van der Waals surface area (Å²) in [6.45, 7) is 2.29. The van der Waals surface area contributed by atoms with Gasteiger partial charge >= 0.3 is 5.97 Å². The van der Waals surface area contributed by atoms with E-state index >= 15 is 0 Å². The standard InChI is InChI=1S/C12H17NO3/c1-9(12(14)15)13-8-7-10-3-5-11(16-2)6-4-10/h3-6,9,13H,7-8H2,1-2H3,(H,14,15). The summed E-state index contributed by atoms with van der Waals surface area (Å²) in [5, 5.41) is 11.6. The van der Waals surface area contributed by atoms with E-state index in [0.29, 0.717) is 6.54 Å². The van der Waals surface area contributed by atoms with Crippen molar-refractivity contribution in [1.82, 2.24) is 5.32 Å². The lowest BCUT2D eigenvalue weighted by molar-refractivity contribution is -0.138. The Balaban J connectivity index is 2.34. The fourth-order valence-corrected chi connectivity index (χ4v) is 1.31. The normalized spacial score (nSPS) is 12.1. The van der Waals surface area contributed by atoms with Gasteiger partial charge in [-0.05, 0) is 37.6 Å². The lowest BCUT2D eigenvalue weighted by Gasteiger charge is -2.09. The van der Waals surface area contributed by atoms with Crippen molar-refractivity contribution in [3.05, 3.63) is 29.8 Å². The summed E-state index contributed by atoms with van der Waals surface area (Å²) < 4.78 is 5.05. The van der Waals surface area contributed by atoms with Crippen molar-refractivity contribution in [2.24, 2.45) is 0 Å². The molecule has 0 aromatic heterocycles. The van der Waals surface area contributed by atoms with Gasteiger partial charge in [-0.3, -0.25) is 4.79 Å². The van der Waals surface area contributed by atoms with E-state index in [1.54, 1.807) is 14.0 Å². The van der Waals surface area contributed by atoms with Crippen LogP contribution in [0.15, 0.2) is 24.3 Å². The molecule has 0 aliphatic heterocycles. The molecule has 0 spiro atoms. The van der Waals surface area contributed by atoms with Crippen LogP contribution in [0.5, 0.6) is 5.75 Å². The lowest BCUT2D eigenvalue weighted by Crippen LogP contribution is -2.34. The maximum absolute atomic E-state index is 10.5. The molecular formula is C12H17NO3. The van der Waals surface area contributed by atoms with Gasteiger partial charge in [-0.15, -0.1) is 0 Å². The molecule has 4 nitrogen and oxygen atoms in total. The van der Waals surface area contributed by atoms with Gasteiger partial charge in [-0.1, -0.05) is 12.1 Å². The van der Waals surface area contributed by atoms with Gasteiger partial charge < -0.3 is 15.2 Å². The van der Waals surface area contributed by atoms with Gasteiger partial charge in [0.05, 0.1) is 7.11 Å². The van der Waals surface area contributed by atoms with Crippen LogP contribution >= 0.6 is 0 Å². The third-order valence-electron chi connectivity index (χ3n) is 2.39. The first-order valence-corrected chi connectivity index (χ1v) is 5.22. The minimum Gasteiger partial charge on any atom is -0.497 e. The number of rotatable bonds is 6. The summed E-state index contributed by atoms with van der Waals surface area (Å²) in [5.74, 6) is 0.00495. The molecular weight excluding hydrogens is 206 g/mol. The zero-order valence-corrected chi connectivity index (χ0v) is 9.56. The molecule has 0 aliphatic rings. The van der Waals surface area contributed by atoms with E-state index in [4.69, 9.17) is 9.84 Å². The van der Waals surface area contributed by atoms with Crippen LogP contribution in [0.4, 0.5) is 0 Å². The summed E-state index contributed by atoms with van der Waals surface area (Å²) in [4.78, 5) is 10.5. The highest BCUT2D eigenvalue weighted by Gasteiger charge is 2.08. The molecule has 2 N–H and O–H groups in total. The van der Waals surface area contributed by atoms with Crippen molar-refractivity contribution in [2.75, 3.05) is 13.7 Å². The molecule has 1 rings (SSSR count). The Hall–Kier alpha value is -1.55. The molecule has 16 heavy (non-hydrogen) atoms. The van der Waals surface area contributed by atoms with E-state index in [9.17, 15) is 4.79 Å². The first kappa shape index (κ1) is 12.5. The van der Waals surface area contributed by atoms with E-state index in [-0.39, 0.29) is 0 Å². The molecule has 0 amide bonds. The Bertz CT molecular complexity index is 335. The third-order valence-corrected chi connectivity index (χ3v) is 2.39. The smallest absolute Gasteiger partial charge is 0.320 e. The Morgan fingerprint density at radius 2 is 2.06 bits per heavy atom. The van der Waals surface area contributed by atoms with Gasteiger partial charge in [0.1, 0.15) is 11.8 Å². The second-order valence-corrected chi connectivity index (χ2v) is 3.61. The van der Waals surface area contributed by atoms with Gasteiger partial charge in [0.25, 0.3) is 0 Å². The minimum atomic E-state index is -0.824. The van der Waals surface area contributed by atoms with Crippen molar-refractivity contribution in [2.45, 2.75) is 19.4 Å². The number of aliphatic carboxylic acids is 1. The number of carboxylic acids is 1. The van der Waals surface area contributed by atoms with Crippen LogP contribution < -0.4 is 10.1 Å². The van der Waals surface area contributed by atoms with Gasteiger partial charge in [-0.25, -0.2) is 0 Å². The summed E-state index contributed by atoms with van der Waals surface area (Å²) in [5.41, 5.74) is 1.16. The van der Waals surface area contributed by atoms with E-state index in [1.165, 1.54) is 0 Å². The largest absolute Gasteiger partial charge is 0.497 e. The average Bonchev–Trinajstić information content (AvgIpc) is 2.29. The predicted octanol–water partition coefficient (Wildman–Crippen LogP) is 1.30. The number of carbonyl (C=O) groups is 1. The average molecular weight is 223 g/mol. The van der Waals surface area contributed by atoms with Gasteiger partial charge in [-0.2, -0.15) is 0 Å². The molecule has 0 heterocycles. The SMILES string of the molecule is COc1ccc(CCNC(C)C(=O)O)cc1. The van der Waals surface area contributed by atoms with Gasteiger partial charge in [0.15, 0.2) is 0 Å². The highest BCUT2D eigenvalue weighted by atomic mass is 16.5. The molecule has 1 atom stereocenters. The van der Waals surface area contributed by atoms with Crippen LogP contribution in [-0.2, 0) is 11.2 Å². The molecule has 0 saturated carbocycles. The van der Waals surface area contributed by atoms with Crippen molar-refractivity contribution < 1.29 is 14.6 Å². The number of methoxy groups -OCH3 is 1. The summed E-state index contributed by atoms with van der Waals surface area (Å²) in [7, 11) is 1.63. The van der Waals surface area contributed by atoms with Crippen LogP contribution in [0.1, 0.15) is 12.5 Å². The third kappa shape index (κ3) is 3.90. The monoisotopic (exact) mass is 223 g/mol. The number of benzene rings is 1. The Morgan fingerprint density at radius 3 is 2.56 bits per heavy atom. The number of carboxylic acid groups (broad SMARTS) is 1. The fraction of sp³-hybridized carbons (Fsp3) is 0.417. The molecule has 4 heteroatoms. The summed E-state index contributed by atoms with van der Waals surface area (Å²) in [6, 6.07) is 7.25. The van der Waals surface area contributed by atoms with E-state index in [0.717, 1.165) is 17.7 Å². The molecule has 1 aromatic carbocycles. The van der Waals surface area contributed by atoms with Crippen molar-refractivity contribution in [1.29, 1.82) is 0 Å². The molecule has 0 aliphatic carbocycles. The molecule has 0 bridgehead atoms. The zero-order valence-electron chi connectivity index (χ0n) is 9.56. The molecule has 0 saturated heterocycles. The number of nitrogens with one attached hydrogen (secondary N) is 1. The maximum atomic E-state index is 10.5. The van der Waals surface area contributed by atoms with Gasteiger partial charge in [0.2, 0.25) is 0 Å². The molecule has 0 radical (unpaired) electrons. The number of hydrogen-bond acceptors (Lipinski definition) is 3. The van der Waals surface area contributed by atoms with E-state index in [2.05, 4.69) is 5.32 Å². The summed E-state index contributed by atoms with van der Waals surface area (Å²) >= 11 is 0. The predicted molar refractivity (Wildman–Crippen MR) is 61.8 cm³/mol. The van der Waals surface area contributed by atoms with Crippen LogP contribution in [0, 0.1) is 0 Å². The summed E-state index contributed by atoms with van der Waals surface area (Å²) in [6.07, 6.45) is 0.807. The topological polar surface area (TPSA) is 58.6 Å². The molecule has 88 valence electrons. The van der Waals surface area contributed by atoms with Crippen LogP contribution in [0.25, 0.3) is 0 Å². The van der Waals surface area contributed by atoms with E-state index in [1.807, 2.05) is 24.3 Å². The Morgan fingerprint density at radius 1 is 1.44 bits per heavy atom. The maximum Gasteiger partial charge on any atom is 0.320 e. The minimum absolute atomic E-state index is 0.502. The lowest BCUT2D eigenvalue weighted by atomic mass is 10.1. The van der Waals surface area contributed by atoms with Crippen molar-refractivity contribution in [3.63, 3.8) is 0 Å². The molecule has 0 fully saturated rings. The molecule has 1 unspecified atom stereocenters. The number of ether oxygens (including phenoxy) is 1. The first-order valence-electron chi connectivity index (χ1n) is 5.22. The second-order valence-electron chi connectivity index (χ2n) is 3.61. The van der Waals surface area contributed by atoms with Crippen LogP contribution in [0.3, 0.4) is 0 Å². The van der Waals surface area contributed by atoms with Crippen molar-refractivity contribution in [3.8, 4) is 5.75 Å². The quantitative estimate of drug-likeness (QED) is 0.763. The Labute approximate surface area is 95.2 Å². The zero-order chi connectivity index (χ0) is 12.0. The van der Waals surface area contributed by atoms with E-state index < -0.39 is 12.0 Å². The van der Waals surface area contributed by atoms with Crippen molar-refractivity contribution >= 4 is 5.97 Å². The first-order chi connectivity index (χ1) is 7.63. The number of hydrogen-bond donors (Lipinski definition) is 2. The van der Waals surface area contributed by atoms with Gasteiger partial charge in [0, 0.05) is 0 Å². The molecule has 1 aromatic rings. The fourth-order valence-electron chi connectivity index (χ4n) is 1.31. The second kappa shape index (κ2) is 6.12. The van der Waals surface area contributed by atoms with Crippen LogP contribution in [-0.4, -0.2) is 30.8 Å². The highest BCUT2D eigenvalue weighted by molar-refractivity contribution is 5.72. The van der Waals surface area contributed by atoms with Crippen LogP contribution in [0.2, 0.25) is 0 Å². The highest BCUT2D eigenvalue weighted by Crippen LogP contribution is 2.11. The Kier molecular flexibility index (Phi) is 4.79.